The Hall–Kier alpha value is -1.26. The van der Waals surface area contributed by atoms with Crippen LogP contribution in [0.3, 0.4) is 0 Å². The molecule has 2 rings (SSSR count). The predicted molar refractivity (Wildman–Crippen MR) is 138 cm³/mol. The van der Waals surface area contributed by atoms with E-state index < -0.39 is 0 Å². The first-order valence-corrected chi connectivity index (χ1v) is 10.9. The van der Waals surface area contributed by atoms with Gasteiger partial charge in [-0.1, -0.05) is 19.9 Å². The highest BCUT2D eigenvalue weighted by Gasteiger charge is 2.24. The first-order chi connectivity index (χ1) is 14.4. The van der Waals surface area contributed by atoms with Crippen LogP contribution in [-0.2, 0) is 10.2 Å². The van der Waals surface area contributed by atoms with Gasteiger partial charge in [-0.25, -0.2) is 0 Å². The number of methoxy groups -OCH3 is 3. The van der Waals surface area contributed by atoms with Crippen molar-refractivity contribution in [3.8, 4) is 11.5 Å². The van der Waals surface area contributed by atoms with Crippen molar-refractivity contribution in [3.63, 3.8) is 0 Å². The molecular weight excluding hydrogens is 507 g/mol. The number of hydrogen-bond donors (Lipinski definition) is 2. The third-order valence-electron chi connectivity index (χ3n) is 5.68. The number of likely N-dealkylation sites (tertiary alicyclic amines) is 1. The van der Waals surface area contributed by atoms with E-state index in [-0.39, 0.29) is 29.4 Å². The molecule has 8 heteroatoms. The number of halogens is 1. The minimum atomic E-state index is -0.134. The summed E-state index contributed by atoms with van der Waals surface area (Å²) in [6.07, 6.45) is 2.24. The molecule has 178 valence electrons. The molecule has 31 heavy (non-hydrogen) atoms. The lowest BCUT2D eigenvalue weighted by molar-refractivity contribution is 0.128. The summed E-state index contributed by atoms with van der Waals surface area (Å²) >= 11 is 0. The van der Waals surface area contributed by atoms with Gasteiger partial charge < -0.3 is 29.7 Å². The number of ether oxygens (including phenoxy) is 3. The highest BCUT2D eigenvalue weighted by molar-refractivity contribution is 14.0. The molecule has 1 aliphatic heterocycles. The Morgan fingerprint density at radius 2 is 1.81 bits per heavy atom. The molecule has 1 aromatic rings. The summed E-state index contributed by atoms with van der Waals surface area (Å²) in [5.41, 5.74) is 1.04. The van der Waals surface area contributed by atoms with Crippen LogP contribution >= 0.6 is 24.0 Å². The molecule has 0 radical (unpaired) electrons. The van der Waals surface area contributed by atoms with Crippen molar-refractivity contribution < 1.29 is 14.2 Å². The van der Waals surface area contributed by atoms with Gasteiger partial charge in [-0.2, -0.15) is 0 Å². The van der Waals surface area contributed by atoms with E-state index in [0.29, 0.717) is 12.6 Å². The summed E-state index contributed by atoms with van der Waals surface area (Å²) in [4.78, 5) is 7.38. The molecule has 7 nitrogen and oxygen atoms in total. The van der Waals surface area contributed by atoms with Crippen LogP contribution in [0.25, 0.3) is 0 Å². The summed E-state index contributed by atoms with van der Waals surface area (Å²) in [6.45, 7) is 12.0. The molecule has 0 bridgehead atoms. The molecule has 2 N–H and O–H groups in total. The number of nitrogens with zero attached hydrogens (tertiary/aromatic N) is 2. The average Bonchev–Trinajstić information content (AvgIpc) is 2.76. The fraction of sp³-hybridized carbons (Fsp3) is 0.696. The number of benzene rings is 1. The SMILES string of the molecule is CCNC(=NCC(C)(C)c1ccc(OC)c(OC)c1)NC1CCN(CCOC)CC1.I. The smallest absolute Gasteiger partial charge is 0.191 e. The molecule has 0 unspecified atom stereocenters. The Labute approximate surface area is 205 Å². The van der Waals surface area contributed by atoms with Gasteiger partial charge in [-0.15, -0.1) is 24.0 Å². The molecular formula is C23H41IN4O3. The molecule has 1 fully saturated rings. The first-order valence-electron chi connectivity index (χ1n) is 10.9. The van der Waals surface area contributed by atoms with Crippen molar-refractivity contribution in [2.45, 2.75) is 45.1 Å². The average molecular weight is 549 g/mol. The van der Waals surface area contributed by atoms with Crippen LogP contribution in [0.5, 0.6) is 11.5 Å². The van der Waals surface area contributed by atoms with Gasteiger partial charge in [0.1, 0.15) is 0 Å². The fourth-order valence-electron chi connectivity index (χ4n) is 3.66. The van der Waals surface area contributed by atoms with Crippen molar-refractivity contribution in [1.82, 2.24) is 15.5 Å². The van der Waals surface area contributed by atoms with E-state index in [9.17, 15) is 0 Å². The zero-order chi connectivity index (χ0) is 22.0. The zero-order valence-electron chi connectivity index (χ0n) is 20.0. The van der Waals surface area contributed by atoms with Crippen LogP contribution < -0.4 is 20.1 Å². The monoisotopic (exact) mass is 548 g/mol. The van der Waals surface area contributed by atoms with E-state index in [4.69, 9.17) is 19.2 Å². The molecule has 1 heterocycles. The van der Waals surface area contributed by atoms with Gasteiger partial charge >= 0.3 is 0 Å². The molecule has 0 spiro atoms. The largest absolute Gasteiger partial charge is 0.493 e. The van der Waals surface area contributed by atoms with Gasteiger partial charge in [-0.05, 0) is 37.5 Å². The molecule has 0 saturated carbocycles. The minimum Gasteiger partial charge on any atom is -0.493 e. The van der Waals surface area contributed by atoms with Crippen LogP contribution in [0.4, 0.5) is 0 Å². The summed E-state index contributed by atoms with van der Waals surface area (Å²) in [7, 11) is 5.08. The maximum Gasteiger partial charge on any atom is 0.191 e. The first kappa shape index (κ1) is 27.8. The van der Waals surface area contributed by atoms with E-state index in [0.717, 1.165) is 63.1 Å². The van der Waals surface area contributed by atoms with Crippen LogP contribution in [-0.4, -0.2) is 77.6 Å². The van der Waals surface area contributed by atoms with Crippen molar-refractivity contribution in [2.75, 3.05) is 60.7 Å². The van der Waals surface area contributed by atoms with E-state index in [1.165, 1.54) is 5.56 Å². The molecule has 1 saturated heterocycles. The number of hydrogen-bond acceptors (Lipinski definition) is 5. The van der Waals surface area contributed by atoms with E-state index >= 15 is 0 Å². The van der Waals surface area contributed by atoms with Crippen LogP contribution in [0.15, 0.2) is 23.2 Å². The number of nitrogens with one attached hydrogen (secondary N) is 2. The van der Waals surface area contributed by atoms with Crippen molar-refractivity contribution >= 4 is 29.9 Å². The molecule has 0 aromatic heterocycles. The predicted octanol–water partition coefficient (Wildman–Crippen LogP) is 3.27. The van der Waals surface area contributed by atoms with Crippen molar-refractivity contribution in [3.05, 3.63) is 23.8 Å². The van der Waals surface area contributed by atoms with Crippen molar-refractivity contribution in [1.29, 1.82) is 0 Å². The van der Waals surface area contributed by atoms with Gasteiger partial charge in [-0.3, -0.25) is 4.99 Å². The lowest BCUT2D eigenvalue weighted by Crippen LogP contribution is -2.49. The number of rotatable bonds is 10. The van der Waals surface area contributed by atoms with Gasteiger partial charge in [0.05, 0.1) is 27.4 Å². The van der Waals surface area contributed by atoms with Gasteiger partial charge in [0.2, 0.25) is 0 Å². The Morgan fingerprint density at radius 1 is 1.13 bits per heavy atom. The summed E-state index contributed by atoms with van der Waals surface area (Å²) < 4.78 is 16.0. The van der Waals surface area contributed by atoms with E-state index in [1.807, 2.05) is 12.1 Å². The number of guanidine groups is 1. The second kappa shape index (κ2) is 14.0. The minimum absolute atomic E-state index is 0. The molecule has 1 aliphatic rings. The normalized spacial score (nSPS) is 15.9. The number of piperidine rings is 1. The quantitative estimate of drug-likeness (QED) is 0.266. The molecule has 1 aromatic carbocycles. The van der Waals surface area contributed by atoms with Gasteiger partial charge in [0.15, 0.2) is 17.5 Å². The van der Waals surface area contributed by atoms with Crippen molar-refractivity contribution in [2.24, 2.45) is 4.99 Å². The fourth-order valence-corrected chi connectivity index (χ4v) is 3.66. The summed E-state index contributed by atoms with van der Waals surface area (Å²) in [5, 5.41) is 7.04. The third-order valence-corrected chi connectivity index (χ3v) is 5.68. The van der Waals surface area contributed by atoms with Crippen LogP contribution in [0.2, 0.25) is 0 Å². The Kier molecular flexibility index (Phi) is 12.5. The Bertz CT molecular complexity index is 677. The Balaban J connectivity index is 0.00000480. The summed E-state index contributed by atoms with van der Waals surface area (Å²) in [5.74, 6) is 2.38. The maximum absolute atomic E-state index is 5.47. The topological polar surface area (TPSA) is 67.4 Å². The third kappa shape index (κ3) is 8.65. The lowest BCUT2D eigenvalue weighted by Gasteiger charge is -2.33. The van der Waals surface area contributed by atoms with Gasteiger partial charge in [0, 0.05) is 44.7 Å². The lowest BCUT2D eigenvalue weighted by atomic mass is 9.84. The Morgan fingerprint density at radius 3 is 2.39 bits per heavy atom. The molecule has 0 aliphatic carbocycles. The standard InChI is InChI=1S/C23H40N4O3.HI/c1-7-24-22(26-19-10-12-27(13-11-19)14-15-28-4)25-17-23(2,3)18-8-9-20(29-5)21(16-18)30-6;/h8-9,16,19H,7,10-15,17H2,1-6H3,(H2,24,25,26);1H. The highest BCUT2D eigenvalue weighted by Crippen LogP contribution is 2.33. The van der Waals surface area contributed by atoms with Crippen LogP contribution in [0, 0.1) is 0 Å². The van der Waals surface area contributed by atoms with E-state index in [2.05, 4.69) is 42.4 Å². The summed E-state index contributed by atoms with van der Waals surface area (Å²) in [6, 6.07) is 6.54. The second-order valence-corrected chi connectivity index (χ2v) is 8.40. The van der Waals surface area contributed by atoms with Crippen LogP contribution in [0.1, 0.15) is 39.2 Å². The highest BCUT2D eigenvalue weighted by atomic mass is 127. The molecule has 0 atom stereocenters. The van der Waals surface area contributed by atoms with E-state index in [1.54, 1.807) is 21.3 Å². The maximum atomic E-state index is 5.47. The van der Waals surface area contributed by atoms with Gasteiger partial charge in [0.25, 0.3) is 0 Å². The second-order valence-electron chi connectivity index (χ2n) is 8.40. The molecule has 0 amide bonds. The zero-order valence-corrected chi connectivity index (χ0v) is 22.3. The number of aliphatic imine (C=N–C) groups is 1.